The molecule has 17 heavy (non-hydrogen) atoms. The molecule has 0 aliphatic heterocycles. The lowest BCUT2D eigenvalue weighted by Crippen LogP contribution is -2.25. The molecule has 0 unspecified atom stereocenters. The highest BCUT2D eigenvalue weighted by atomic mass is 32.1. The van der Waals surface area contributed by atoms with Crippen LogP contribution in [0.4, 0.5) is 0 Å². The van der Waals surface area contributed by atoms with Crippen molar-refractivity contribution < 1.29 is 4.79 Å². The Bertz CT molecular complexity index is 436. The average molecular weight is 253 g/mol. The summed E-state index contributed by atoms with van der Waals surface area (Å²) in [5.74, 6) is -0.198. The second-order valence-corrected chi connectivity index (χ2v) is 4.15. The molecule has 1 heterocycles. The monoisotopic (exact) mass is 253 g/mol. The van der Waals surface area contributed by atoms with Crippen molar-refractivity contribution in [3.8, 4) is 0 Å². The van der Waals surface area contributed by atoms with E-state index in [1.807, 2.05) is 0 Å². The topological polar surface area (TPSA) is 88.0 Å². The second-order valence-electron chi connectivity index (χ2n) is 3.62. The van der Waals surface area contributed by atoms with Gasteiger partial charge in [0.05, 0.1) is 10.6 Å². The van der Waals surface area contributed by atoms with Gasteiger partial charge in [0.15, 0.2) is 0 Å². The Labute approximate surface area is 104 Å². The third-order valence-electron chi connectivity index (χ3n) is 2.18. The first-order valence-electron chi connectivity index (χ1n) is 5.35. The van der Waals surface area contributed by atoms with Crippen LogP contribution in [0.15, 0.2) is 23.1 Å². The van der Waals surface area contributed by atoms with E-state index in [9.17, 15) is 9.59 Å². The lowest BCUT2D eigenvalue weighted by Gasteiger charge is -2.04. The van der Waals surface area contributed by atoms with Gasteiger partial charge >= 0.3 is 0 Å². The number of carbonyl (C=O) groups is 1. The van der Waals surface area contributed by atoms with Crippen molar-refractivity contribution in [1.29, 1.82) is 0 Å². The predicted octanol–water partition coefficient (Wildman–Crippen LogP) is 0.561. The molecule has 0 radical (unpaired) electrons. The molecule has 0 spiro atoms. The zero-order valence-electron chi connectivity index (χ0n) is 9.36. The van der Waals surface area contributed by atoms with E-state index in [1.54, 1.807) is 0 Å². The first kappa shape index (κ1) is 13.4. The van der Waals surface area contributed by atoms with Gasteiger partial charge in [-0.25, -0.2) is 0 Å². The number of nitrogens with one attached hydrogen (secondary N) is 2. The lowest BCUT2D eigenvalue weighted by atomic mass is 10.2. The zero-order chi connectivity index (χ0) is 12.7. The van der Waals surface area contributed by atoms with Crippen LogP contribution in [0, 0.1) is 0 Å². The smallest absolute Gasteiger partial charge is 0.252 e. The van der Waals surface area contributed by atoms with Gasteiger partial charge in [0.1, 0.15) is 0 Å². The molecule has 0 aliphatic carbocycles. The summed E-state index contributed by atoms with van der Waals surface area (Å²) in [5.41, 5.74) is 5.57. The maximum atomic E-state index is 11.6. The van der Waals surface area contributed by atoms with E-state index in [4.69, 9.17) is 18.0 Å². The quantitative estimate of drug-likeness (QED) is 0.510. The number of pyridine rings is 1. The standard InChI is InChI=1S/C11H15N3O2S/c12-9(17)3-1-2-6-13-11(16)8-4-5-10(15)14-7-8/h4-5,7H,1-3,6H2,(H2,12,17)(H,13,16)(H,14,15). The first-order chi connectivity index (χ1) is 8.09. The Morgan fingerprint density at radius 1 is 1.41 bits per heavy atom. The number of H-pyrrole nitrogens is 1. The molecular weight excluding hydrogens is 238 g/mol. The molecule has 92 valence electrons. The molecule has 1 rings (SSSR count). The highest BCUT2D eigenvalue weighted by Crippen LogP contribution is 1.96. The van der Waals surface area contributed by atoms with E-state index in [-0.39, 0.29) is 11.5 Å². The van der Waals surface area contributed by atoms with Gasteiger partial charge in [0, 0.05) is 18.8 Å². The Morgan fingerprint density at radius 2 is 2.18 bits per heavy atom. The van der Waals surface area contributed by atoms with Crippen LogP contribution in [-0.4, -0.2) is 22.4 Å². The summed E-state index contributed by atoms with van der Waals surface area (Å²) in [7, 11) is 0. The summed E-state index contributed by atoms with van der Waals surface area (Å²) in [4.78, 5) is 25.3. The van der Waals surface area contributed by atoms with E-state index in [1.165, 1.54) is 18.3 Å². The summed E-state index contributed by atoms with van der Waals surface area (Å²) < 4.78 is 0. The van der Waals surface area contributed by atoms with Crippen LogP contribution in [0.25, 0.3) is 0 Å². The predicted molar refractivity (Wildman–Crippen MR) is 70.0 cm³/mol. The lowest BCUT2D eigenvalue weighted by molar-refractivity contribution is 0.0952. The molecule has 1 aromatic heterocycles. The van der Waals surface area contributed by atoms with Crippen LogP contribution in [0.2, 0.25) is 0 Å². The molecule has 0 bridgehead atoms. The Kier molecular flexibility index (Phi) is 5.35. The summed E-state index contributed by atoms with van der Waals surface area (Å²) >= 11 is 4.74. The van der Waals surface area contributed by atoms with Crippen molar-refractivity contribution in [3.05, 3.63) is 34.2 Å². The number of aromatic amines is 1. The molecule has 5 nitrogen and oxygen atoms in total. The molecule has 0 atom stereocenters. The van der Waals surface area contributed by atoms with Crippen LogP contribution in [0.5, 0.6) is 0 Å². The van der Waals surface area contributed by atoms with Gasteiger partial charge in [-0.3, -0.25) is 9.59 Å². The van der Waals surface area contributed by atoms with Crippen LogP contribution in [0.1, 0.15) is 29.6 Å². The van der Waals surface area contributed by atoms with Gasteiger partial charge < -0.3 is 16.0 Å². The van der Waals surface area contributed by atoms with Crippen molar-refractivity contribution >= 4 is 23.1 Å². The molecule has 0 aromatic carbocycles. The van der Waals surface area contributed by atoms with Crippen molar-refractivity contribution in [2.24, 2.45) is 5.73 Å². The van der Waals surface area contributed by atoms with Gasteiger partial charge in [0.2, 0.25) is 5.56 Å². The van der Waals surface area contributed by atoms with Gasteiger partial charge in [-0.2, -0.15) is 0 Å². The van der Waals surface area contributed by atoms with Crippen LogP contribution in [0.3, 0.4) is 0 Å². The minimum atomic E-state index is -0.224. The Morgan fingerprint density at radius 3 is 2.76 bits per heavy atom. The molecule has 1 aromatic rings. The molecule has 4 N–H and O–H groups in total. The van der Waals surface area contributed by atoms with Gasteiger partial charge in [0.25, 0.3) is 5.91 Å². The third-order valence-corrected chi connectivity index (χ3v) is 2.39. The molecule has 6 heteroatoms. The maximum Gasteiger partial charge on any atom is 0.252 e. The van der Waals surface area contributed by atoms with Gasteiger partial charge in [-0.05, 0) is 25.3 Å². The molecule has 0 saturated heterocycles. The van der Waals surface area contributed by atoms with Crippen molar-refractivity contribution in [2.75, 3.05) is 6.54 Å². The minimum Gasteiger partial charge on any atom is -0.393 e. The summed E-state index contributed by atoms with van der Waals surface area (Å²) in [5, 5.41) is 2.75. The summed E-state index contributed by atoms with van der Waals surface area (Å²) in [6, 6.07) is 2.81. The molecule has 0 fully saturated rings. The van der Waals surface area contributed by atoms with Crippen LogP contribution >= 0.6 is 12.2 Å². The Hall–Kier alpha value is -1.69. The van der Waals surface area contributed by atoms with E-state index in [2.05, 4.69) is 10.3 Å². The average Bonchev–Trinajstić information content (AvgIpc) is 2.29. The fourth-order valence-electron chi connectivity index (χ4n) is 1.28. The van der Waals surface area contributed by atoms with Crippen molar-refractivity contribution in [3.63, 3.8) is 0 Å². The number of hydrogen-bond donors (Lipinski definition) is 3. The largest absolute Gasteiger partial charge is 0.393 e. The summed E-state index contributed by atoms with van der Waals surface area (Å²) in [6.07, 6.45) is 3.78. The number of amides is 1. The Balaban J connectivity index is 2.28. The third kappa shape index (κ3) is 5.26. The van der Waals surface area contributed by atoms with Crippen molar-refractivity contribution in [1.82, 2.24) is 10.3 Å². The number of hydrogen-bond acceptors (Lipinski definition) is 3. The van der Waals surface area contributed by atoms with E-state index >= 15 is 0 Å². The van der Waals surface area contributed by atoms with Crippen molar-refractivity contribution in [2.45, 2.75) is 19.3 Å². The number of unbranched alkanes of at least 4 members (excludes halogenated alkanes) is 1. The van der Waals surface area contributed by atoms with E-state index < -0.39 is 0 Å². The van der Waals surface area contributed by atoms with E-state index in [0.717, 1.165) is 12.8 Å². The number of aromatic nitrogens is 1. The van der Waals surface area contributed by atoms with Crippen LogP contribution in [-0.2, 0) is 0 Å². The summed E-state index contributed by atoms with van der Waals surface area (Å²) in [6.45, 7) is 0.570. The minimum absolute atomic E-state index is 0.198. The molecule has 0 aliphatic rings. The van der Waals surface area contributed by atoms with Crippen LogP contribution < -0.4 is 16.6 Å². The highest BCUT2D eigenvalue weighted by Gasteiger charge is 2.03. The fraction of sp³-hybridized carbons (Fsp3) is 0.364. The maximum absolute atomic E-state index is 11.6. The number of rotatable bonds is 6. The van der Waals surface area contributed by atoms with Gasteiger partial charge in [-0.1, -0.05) is 12.2 Å². The molecule has 0 saturated carbocycles. The molecule has 1 amide bonds. The van der Waals surface area contributed by atoms with E-state index in [0.29, 0.717) is 23.5 Å². The second kappa shape index (κ2) is 6.80. The van der Waals surface area contributed by atoms with Gasteiger partial charge in [-0.15, -0.1) is 0 Å². The number of thiocarbonyl (C=S) groups is 1. The zero-order valence-corrected chi connectivity index (χ0v) is 10.2. The first-order valence-corrected chi connectivity index (χ1v) is 5.75. The molecular formula is C11H15N3O2S. The highest BCUT2D eigenvalue weighted by molar-refractivity contribution is 7.80. The number of carbonyl (C=O) groups excluding carboxylic acids is 1. The normalized spacial score (nSPS) is 9.88. The SMILES string of the molecule is NC(=S)CCCCNC(=O)c1ccc(=O)[nH]c1. The fourth-order valence-corrected chi connectivity index (χ4v) is 1.42. The number of nitrogens with two attached hydrogens (primary N) is 1.